The summed E-state index contributed by atoms with van der Waals surface area (Å²) in [6.45, 7) is 1.79. The third-order valence-electron chi connectivity index (χ3n) is 6.09. The van der Waals surface area contributed by atoms with Crippen LogP contribution >= 0.6 is 0 Å². The van der Waals surface area contributed by atoms with Gasteiger partial charge in [-0.1, -0.05) is 48.5 Å². The zero-order chi connectivity index (χ0) is 26.5. The second-order valence-corrected chi connectivity index (χ2v) is 8.96. The van der Waals surface area contributed by atoms with Crippen molar-refractivity contribution in [1.29, 1.82) is 0 Å². The zero-order valence-corrected chi connectivity index (χ0v) is 20.3. The van der Waals surface area contributed by atoms with Gasteiger partial charge in [-0.15, -0.1) is 0 Å². The lowest BCUT2D eigenvalue weighted by Crippen LogP contribution is -2.23. The summed E-state index contributed by atoms with van der Waals surface area (Å²) in [5.74, 6) is 1.71. The maximum absolute atomic E-state index is 13.0. The normalized spacial score (nSPS) is 12.6. The molecule has 5 rings (SSSR count). The van der Waals surface area contributed by atoms with Gasteiger partial charge in [0.1, 0.15) is 5.76 Å². The average molecular weight is 523 g/mol. The Hall–Kier alpha value is -4.24. The van der Waals surface area contributed by atoms with Crippen LogP contribution in [0.3, 0.4) is 0 Å². The highest BCUT2D eigenvalue weighted by molar-refractivity contribution is 5.91. The van der Waals surface area contributed by atoms with Crippen molar-refractivity contribution in [3.63, 3.8) is 0 Å². The van der Waals surface area contributed by atoms with Crippen molar-refractivity contribution < 1.29 is 31.9 Å². The average Bonchev–Trinajstić information content (AvgIpc) is 3.57. The van der Waals surface area contributed by atoms with Gasteiger partial charge in [-0.25, -0.2) is 0 Å². The number of amides is 1. The van der Waals surface area contributed by atoms with Gasteiger partial charge >= 0.3 is 6.18 Å². The van der Waals surface area contributed by atoms with Crippen LogP contribution in [0.4, 0.5) is 13.2 Å². The van der Waals surface area contributed by atoms with Gasteiger partial charge in [0.05, 0.1) is 12.1 Å². The van der Waals surface area contributed by atoms with E-state index in [9.17, 15) is 18.0 Å². The molecule has 6 nitrogen and oxygen atoms in total. The lowest BCUT2D eigenvalue weighted by atomic mass is 10.1. The van der Waals surface area contributed by atoms with E-state index < -0.39 is 11.7 Å². The van der Waals surface area contributed by atoms with E-state index in [0.29, 0.717) is 43.4 Å². The van der Waals surface area contributed by atoms with Crippen molar-refractivity contribution in [2.75, 3.05) is 6.79 Å². The Labute approximate surface area is 217 Å². The molecule has 0 bridgehead atoms. The molecule has 3 aromatic carbocycles. The lowest BCUT2D eigenvalue weighted by molar-refractivity contribution is -0.137. The minimum Gasteiger partial charge on any atom is -0.455 e. The maximum atomic E-state index is 13.0. The standard InChI is InChI=1S/C29H25F3N2O4/c30-29(31,32)23-9-6-21(7-10-23)17-34(16-20-4-2-1-3-5-20)18-24-11-13-26(38-24)28(35)33-15-22-8-12-25-27(14-22)37-19-36-25/h1-14H,15-19H2,(H,33,35). The van der Waals surface area contributed by atoms with E-state index in [1.54, 1.807) is 18.2 Å². The van der Waals surface area contributed by atoms with Crippen molar-refractivity contribution in [2.24, 2.45) is 0 Å². The van der Waals surface area contributed by atoms with Crippen molar-refractivity contribution in [3.8, 4) is 11.5 Å². The van der Waals surface area contributed by atoms with Gasteiger partial charge < -0.3 is 19.2 Å². The quantitative estimate of drug-likeness (QED) is 0.285. The molecule has 0 saturated heterocycles. The second-order valence-electron chi connectivity index (χ2n) is 8.96. The number of rotatable bonds is 9. The Balaban J connectivity index is 1.24. The van der Waals surface area contributed by atoms with E-state index >= 15 is 0 Å². The molecule has 38 heavy (non-hydrogen) atoms. The van der Waals surface area contributed by atoms with Crippen LogP contribution in [0.25, 0.3) is 0 Å². The largest absolute Gasteiger partial charge is 0.455 e. The van der Waals surface area contributed by atoms with Gasteiger partial charge in [0, 0.05) is 19.6 Å². The van der Waals surface area contributed by atoms with Crippen LogP contribution in [0.1, 0.15) is 38.6 Å². The topological polar surface area (TPSA) is 63.9 Å². The van der Waals surface area contributed by atoms with E-state index in [1.807, 2.05) is 47.4 Å². The molecule has 0 saturated carbocycles. The van der Waals surface area contributed by atoms with E-state index in [2.05, 4.69) is 5.32 Å². The molecule has 0 radical (unpaired) electrons. The summed E-state index contributed by atoms with van der Waals surface area (Å²) >= 11 is 0. The molecular weight excluding hydrogens is 497 g/mol. The van der Waals surface area contributed by atoms with Crippen molar-refractivity contribution in [3.05, 3.63) is 119 Å². The van der Waals surface area contributed by atoms with E-state index in [-0.39, 0.29) is 18.5 Å². The molecule has 1 amide bonds. The summed E-state index contributed by atoms with van der Waals surface area (Å²) in [5.41, 5.74) is 1.97. The molecule has 0 atom stereocenters. The highest BCUT2D eigenvalue weighted by Crippen LogP contribution is 2.32. The van der Waals surface area contributed by atoms with Gasteiger partial charge in [0.2, 0.25) is 6.79 Å². The molecule has 0 spiro atoms. The van der Waals surface area contributed by atoms with Gasteiger partial charge in [0.15, 0.2) is 17.3 Å². The Morgan fingerprint density at radius 2 is 1.47 bits per heavy atom. The van der Waals surface area contributed by atoms with Crippen LogP contribution < -0.4 is 14.8 Å². The summed E-state index contributed by atoms with van der Waals surface area (Å²) in [6, 6.07) is 23.7. The van der Waals surface area contributed by atoms with Gasteiger partial charge in [0.25, 0.3) is 5.91 Å². The number of alkyl halides is 3. The second kappa shape index (κ2) is 11.0. The lowest BCUT2D eigenvalue weighted by Gasteiger charge is -2.22. The number of nitrogens with zero attached hydrogens (tertiary/aromatic N) is 1. The first-order chi connectivity index (χ1) is 18.3. The summed E-state index contributed by atoms with van der Waals surface area (Å²) in [4.78, 5) is 14.7. The van der Waals surface area contributed by atoms with Crippen LogP contribution in [0.15, 0.2) is 89.3 Å². The molecule has 1 aliphatic rings. The van der Waals surface area contributed by atoms with Crippen LogP contribution in [0.5, 0.6) is 11.5 Å². The minimum absolute atomic E-state index is 0.176. The monoisotopic (exact) mass is 522 g/mol. The molecule has 2 heterocycles. The molecular formula is C29H25F3N2O4. The fourth-order valence-electron chi connectivity index (χ4n) is 4.19. The number of furan rings is 1. The number of benzene rings is 3. The maximum Gasteiger partial charge on any atom is 0.416 e. The third-order valence-corrected chi connectivity index (χ3v) is 6.09. The molecule has 0 fully saturated rings. The number of hydrogen-bond acceptors (Lipinski definition) is 5. The van der Waals surface area contributed by atoms with Crippen molar-refractivity contribution in [1.82, 2.24) is 10.2 Å². The smallest absolute Gasteiger partial charge is 0.416 e. The first kappa shape index (κ1) is 25.4. The van der Waals surface area contributed by atoms with Crippen molar-refractivity contribution >= 4 is 5.91 Å². The summed E-state index contributed by atoms with van der Waals surface area (Å²) in [5, 5.41) is 2.84. The molecule has 1 N–H and O–H groups in total. The first-order valence-electron chi connectivity index (χ1n) is 12.0. The minimum atomic E-state index is -4.38. The van der Waals surface area contributed by atoms with Crippen LogP contribution in [-0.4, -0.2) is 17.6 Å². The summed E-state index contributed by atoms with van der Waals surface area (Å²) < 4.78 is 55.4. The molecule has 1 aliphatic heterocycles. The zero-order valence-electron chi connectivity index (χ0n) is 20.3. The molecule has 4 aromatic rings. The first-order valence-corrected chi connectivity index (χ1v) is 12.0. The van der Waals surface area contributed by atoms with E-state index in [0.717, 1.165) is 28.8 Å². The number of hydrogen-bond donors (Lipinski definition) is 1. The number of fused-ring (bicyclic) bond motifs is 1. The van der Waals surface area contributed by atoms with Gasteiger partial charge in [-0.05, 0) is 53.1 Å². The Kier molecular flexibility index (Phi) is 7.37. The number of halogens is 3. The molecule has 1 aromatic heterocycles. The number of nitrogens with one attached hydrogen (secondary N) is 1. The number of ether oxygens (including phenoxy) is 2. The molecule has 0 unspecified atom stereocenters. The Bertz CT molecular complexity index is 1390. The summed E-state index contributed by atoms with van der Waals surface area (Å²) in [6.07, 6.45) is -4.38. The van der Waals surface area contributed by atoms with Crippen LogP contribution in [0.2, 0.25) is 0 Å². The van der Waals surface area contributed by atoms with Crippen LogP contribution in [-0.2, 0) is 32.4 Å². The Morgan fingerprint density at radius 3 is 2.21 bits per heavy atom. The fourth-order valence-corrected chi connectivity index (χ4v) is 4.19. The molecule has 0 aliphatic carbocycles. The molecule has 196 valence electrons. The van der Waals surface area contributed by atoms with E-state index in [4.69, 9.17) is 13.9 Å². The number of carbonyl (C=O) groups is 1. The van der Waals surface area contributed by atoms with Crippen molar-refractivity contribution in [2.45, 2.75) is 32.4 Å². The number of carbonyl (C=O) groups excluding carboxylic acids is 1. The van der Waals surface area contributed by atoms with Gasteiger partial charge in [-0.3, -0.25) is 9.69 Å². The third kappa shape index (κ3) is 6.36. The fraction of sp³-hybridized carbons (Fsp3) is 0.207. The molecule has 9 heteroatoms. The predicted molar refractivity (Wildman–Crippen MR) is 133 cm³/mol. The SMILES string of the molecule is O=C(NCc1ccc2c(c1)OCO2)c1ccc(CN(Cc2ccccc2)Cc2ccc(C(F)(F)F)cc2)o1. The Morgan fingerprint density at radius 1 is 0.789 bits per heavy atom. The van der Waals surface area contributed by atoms with Crippen LogP contribution in [0, 0.1) is 0 Å². The van der Waals surface area contributed by atoms with Gasteiger partial charge in [-0.2, -0.15) is 13.2 Å². The van der Waals surface area contributed by atoms with E-state index in [1.165, 1.54) is 12.1 Å². The predicted octanol–water partition coefficient (Wildman–Crippen LogP) is 6.16. The summed E-state index contributed by atoms with van der Waals surface area (Å²) in [7, 11) is 0. The highest BCUT2D eigenvalue weighted by atomic mass is 19.4. The highest BCUT2D eigenvalue weighted by Gasteiger charge is 2.30.